The summed E-state index contributed by atoms with van der Waals surface area (Å²) in [5.41, 5.74) is 1.68. The highest BCUT2D eigenvalue weighted by atomic mass is 79.9. The van der Waals surface area contributed by atoms with Gasteiger partial charge in [0.1, 0.15) is 6.04 Å². The van der Waals surface area contributed by atoms with Gasteiger partial charge >= 0.3 is 5.97 Å². The van der Waals surface area contributed by atoms with E-state index in [9.17, 15) is 4.79 Å². The fraction of sp³-hybridized carbons (Fsp3) is 0.300. The molecule has 1 unspecified atom stereocenters. The molecule has 1 aromatic rings. The van der Waals surface area contributed by atoms with Gasteiger partial charge in [-0.3, -0.25) is 4.79 Å². The van der Waals surface area contributed by atoms with Crippen molar-refractivity contribution >= 4 is 33.5 Å². The second-order valence-corrected chi connectivity index (χ2v) is 4.66. The molecule has 1 heterocycles. The predicted octanol–water partition coefficient (Wildman–Crippen LogP) is 2.37. The number of carboxylic acid groups (broad SMARTS) is 1. The minimum atomic E-state index is -0.893. The first-order valence-electron chi connectivity index (χ1n) is 4.54. The highest BCUT2D eigenvalue weighted by molar-refractivity contribution is 9.10. The molecule has 1 aliphatic heterocycles. The van der Waals surface area contributed by atoms with Crippen LogP contribution in [0.2, 0.25) is 5.02 Å². The summed E-state index contributed by atoms with van der Waals surface area (Å²) in [6.45, 7) is 0.656. The molecule has 0 fully saturated rings. The van der Waals surface area contributed by atoms with E-state index in [0.29, 0.717) is 17.1 Å². The molecule has 0 amide bonds. The number of nitrogens with one attached hydrogen (secondary N) is 1. The largest absolute Gasteiger partial charge is 0.480 e. The van der Waals surface area contributed by atoms with Gasteiger partial charge in [-0.05, 0) is 24.1 Å². The zero-order chi connectivity index (χ0) is 11.0. The summed E-state index contributed by atoms with van der Waals surface area (Å²) in [4.78, 5) is 11.0. The first-order chi connectivity index (χ1) is 7.11. The number of halogens is 2. The lowest BCUT2D eigenvalue weighted by Gasteiger charge is -2.25. The van der Waals surface area contributed by atoms with Crippen LogP contribution in [-0.4, -0.2) is 17.6 Å². The lowest BCUT2D eigenvalue weighted by molar-refractivity contribution is -0.139. The zero-order valence-corrected chi connectivity index (χ0v) is 10.1. The van der Waals surface area contributed by atoms with E-state index in [1.165, 1.54) is 0 Å². The Morgan fingerprint density at radius 2 is 2.33 bits per heavy atom. The van der Waals surface area contributed by atoms with E-state index in [2.05, 4.69) is 21.2 Å². The smallest absolute Gasteiger partial charge is 0.325 e. The SMILES string of the molecule is O=C(O)C1NCCc2c(Br)ccc(Cl)c21. The molecule has 5 heteroatoms. The van der Waals surface area contributed by atoms with Crippen molar-refractivity contribution in [1.82, 2.24) is 5.32 Å². The van der Waals surface area contributed by atoms with Crippen LogP contribution in [0.3, 0.4) is 0 Å². The minimum absolute atomic E-state index is 0.507. The van der Waals surface area contributed by atoms with Crippen molar-refractivity contribution in [2.75, 3.05) is 6.54 Å². The van der Waals surface area contributed by atoms with Crippen molar-refractivity contribution in [3.63, 3.8) is 0 Å². The van der Waals surface area contributed by atoms with E-state index in [4.69, 9.17) is 16.7 Å². The molecule has 1 aromatic carbocycles. The maximum Gasteiger partial charge on any atom is 0.325 e. The molecular weight excluding hydrogens is 281 g/mol. The van der Waals surface area contributed by atoms with Gasteiger partial charge in [0.05, 0.1) is 0 Å². The summed E-state index contributed by atoms with van der Waals surface area (Å²) in [5, 5.41) is 12.5. The second-order valence-electron chi connectivity index (χ2n) is 3.40. The molecule has 1 atom stereocenters. The monoisotopic (exact) mass is 289 g/mol. The van der Waals surface area contributed by atoms with Gasteiger partial charge in [-0.1, -0.05) is 27.5 Å². The molecule has 0 aliphatic carbocycles. The van der Waals surface area contributed by atoms with Crippen LogP contribution in [-0.2, 0) is 11.2 Å². The fourth-order valence-corrected chi connectivity index (χ4v) is 2.66. The molecule has 1 aliphatic rings. The van der Waals surface area contributed by atoms with E-state index < -0.39 is 12.0 Å². The second kappa shape index (κ2) is 4.12. The number of fused-ring (bicyclic) bond motifs is 1. The van der Waals surface area contributed by atoms with Crippen molar-refractivity contribution in [1.29, 1.82) is 0 Å². The Kier molecular flexibility index (Phi) is 3.00. The van der Waals surface area contributed by atoms with Crippen molar-refractivity contribution in [3.05, 3.63) is 32.8 Å². The van der Waals surface area contributed by atoms with Crippen LogP contribution < -0.4 is 5.32 Å². The van der Waals surface area contributed by atoms with Crippen LogP contribution in [0.25, 0.3) is 0 Å². The Labute approximate surface area is 101 Å². The van der Waals surface area contributed by atoms with Crippen LogP contribution >= 0.6 is 27.5 Å². The minimum Gasteiger partial charge on any atom is -0.480 e. The molecule has 80 valence electrons. The van der Waals surface area contributed by atoms with Gasteiger partial charge < -0.3 is 10.4 Å². The Bertz CT molecular complexity index is 422. The molecule has 0 saturated carbocycles. The molecule has 0 saturated heterocycles. The van der Waals surface area contributed by atoms with Gasteiger partial charge in [-0.25, -0.2) is 0 Å². The Balaban J connectivity index is 2.59. The predicted molar refractivity (Wildman–Crippen MR) is 61.2 cm³/mol. The molecule has 0 aromatic heterocycles. The molecular formula is C10H9BrClNO2. The number of carboxylic acids is 1. The standard InChI is InChI=1S/C10H9BrClNO2/c11-6-1-2-7(12)8-5(6)3-4-13-9(8)10(14)15/h1-2,9,13H,3-4H2,(H,14,15). The van der Waals surface area contributed by atoms with E-state index in [1.807, 2.05) is 6.07 Å². The quantitative estimate of drug-likeness (QED) is 0.835. The van der Waals surface area contributed by atoms with Crippen molar-refractivity contribution in [2.24, 2.45) is 0 Å². The van der Waals surface area contributed by atoms with Gasteiger partial charge in [0, 0.05) is 21.6 Å². The first-order valence-corrected chi connectivity index (χ1v) is 5.71. The molecule has 0 radical (unpaired) electrons. The van der Waals surface area contributed by atoms with Gasteiger partial charge in [0.2, 0.25) is 0 Å². The Morgan fingerprint density at radius 3 is 3.00 bits per heavy atom. The maximum absolute atomic E-state index is 11.0. The van der Waals surface area contributed by atoms with Gasteiger partial charge in [-0.15, -0.1) is 0 Å². The normalized spacial score (nSPS) is 19.7. The Hall–Kier alpha value is -0.580. The Morgan fingerprint density at radius 1 is 1.60 bits per heavy atom. The summed E-state index contributed by atoms with van der Waals surface area (Å²) in [5.74, 6) is -0.893. The van der Waals surface area contributed by atoms with Crippen LogP contribution in [0.15, 0.2) is 16.6 Å². The highest BCUT2D eigenvalue weighted by Gasteiger charge is 2.29. The molecule has 2 N–H and O–H groups in total. The number of aliphatic carboxylic acids is 1. The summed E-state index contributed by atoms with van der Waals surface area (Å²) in [6, 6.07) is 2.87. The topological polar surface area (TPSA) is 49.3 Å². The first kappa shape index (κ1) is 10.9. The van der Waals surface area contributed by atoms with Crippen molar-refractivity contribution < 1.29 is 9.90 Å². The molecule has 0 bridgehead atoms. The van der Waals surface area contributed by atoms with E-state index in [1.54, 1.807) is 6.07 Å². The van der Waals surface area contributed by atoms with Gasteiger partial charge in [0.15, 0.2) is 0 Å². The van der Waals surface area contributed by atoms with E-state index in [-0.39, 0.29) is 0 Å². The van der Waals surface area contributed by atoms with E-state index >= 15 is 0 Å². The maximum atomic E-state index is 11.0. The summed E-state index contributed by atoms with van der Waals surface area (Å²) >= 11 is 9.44. The average molecular weight is 291 g/mol. The molecule has 3 nitrogen and oxygen atoms in total. The fourth-order valence-electron chi connectivity index (χ4n) is 1.83. The summed E-state index contributed by atoms with van der Waals surface area (Å²) in [7, 11) is 0. The number of hydrogen-bond acceptors (Lipinski definition) is 2. The molecule has 0 spiro atoms. The third-order valence-electron chi connectivity index (χ3n) is 2.51. The molecule has 2 rings (SSSR count). The van der Waals surface area contributed by atoms with Crippen molar-refractivity contribution in [2.45, 2.75) is 12.5 Å². The number of carbonyl (C=O) groups is 1. The third kappa shape index (κ3) is 1.89. The summed E-state index contributed by atoms with van der Waals surface area (Å²) in [6.07, 6.45) is 0.792. The number of rotatable bonds is 1. The van der Waals surface area contributed by atoms with Gasteiger partial charge in [-0.2, -0.15) is 0 Å². The van der Waals surface area contributed by atoms with Crippen LogP contribution in [0.1, 0.15) is 17.2 Å². The number of hydrogen-bond donors (Lipinski definition) is 2. The highest BCUT2D eigenvalue weighted by Crippen LogP contribution is 2.34. The van der Waals surface area contributed by atoms with E-state index in [0.717, 1.165) is 16.5 Å². The zero-order valence-electron chi connectivity index (χ0n) is 7.76. The van der Waals surface area contributed by atoms with Crippen LogP contribution in [0, 0.1) is 0 Å². The number of benzene rings is 1. The third-order valence-corrected chi connectivity index (χ3v) is 3.58. The van der Waals surface area contributed by atoms with Crippen molar-refractivity contribution in [3.8, 4) is 0 Å². The van der Waals surface area contributed by atoms with Crippen LogP contribution in [0.4, 0.5) is 0 Å². The molecule has 15 heavy (non-hydrogen) atoms. The lowest BCUT2D eigenvalue weighted by Crippen LogP contribution is -2.35. The average Bonchev–Trinajstić information content (AvgIpc) is 2.23. The van der Waals surface area contributed by atoms with Crippen LogP contribution in [0.5, 0.6) is 0 Å². The summed E-state index contributed by atoms with van der Waals surface area (Å²) < 4.78 is 0.926. The van der Waals surface area contributed by atoms with Gasteiger partial charge in [0.25, 0.3) is 0 Å². The lowest BCUT2D eigenvalue weighted by atomic mass is 9.94.